The topological polar surface area (TPSA) is 12.0 Å². The van der Waals surface area contributed by atoms with Crippen LogP contribution in [0.15, 0.2) is 12.2 Å². The van der Waals surface area contributed by atoms with Gasteiger partial charge in [-0.3, -0.25) is 0 Å². The van der Waals surface area contributed by atoms with E-state index in [9.17, 15) is 0 Å². The zero-order chi connectivity index (χ0) is 9.73. The van der Waals surface area contributed by atoms with Gasteiger partial charge >= 0.3 is 0 Å². The highest BCUT2D eigenvalue weighted by Gasteiger charge is 2.27. The molecule has 0 aromatic carbocycles. The first-order valence-electron chi connectivity index (χ1n) is 5.54. The van der Waals surface area contributed by atoms with Crippen LogP contribution in [0.3, 0.4) is 0 Å². The molecule has 0 atom stereocenters. The lowest BCUT2D eigenvalue weighted by Gasteiger charge is -2.24. The van der Waals surface area contributed by atoms with E-state index in [4.69, 9.17) is 0 Å². The summed E-state index contributed by atoms with van der Waals surface area (Å²) in [6, 6.07) is 0. The van der Waals surface area contributed by atoms with Crippen LogP contribution in [-0.2, 0) is 0 Å². The van der Waals surface area contributed by atoms with Gasteiger partial charge in [0.05, 0.1) is 0 Å². The number of rotatable bonds is 5. The Hall–Kier alpha value is -0.300. The number of hydrogen-bond donors (Lipinski definition) is 1. The zero-order valence-electron chi connectivity index (χ0n) is 9.16. The van der Waals surface area contributed by atoms with E-state index in [2.05, 4.69) is 25.7 Å². The molecule has 0 spiro atoms. The fraction of sp³-hybridized carbons (Fsp3) is 0.833. The fourth-order valence-electron chi connectivity index (χ4n) is 2.07. The van der Waals surface area contributed by atoms with E-state index in [1.54, 1.807) is 0 Å². The SMILES string of the molecule is C=C(CC)CNCC1(C)CCCC1. The maximum absolute atomic E-state index is 4.00. The molecular formula is C12H23N. The van der Waals surface area contributed by atoms with Crippen molar-refractivity contribution >= 4 is 0 Å². The lowest BCUT2D eigenvalue weighted by molar-refractivity contribution is 0.319. The average Bonchev–Trinajstić information content (AvgIpc) is 2.52. The molecule has 0 radical (unpaired) electrons. The van der Waals surface area contributed by atoms with Crippen molar-refractivity contribution in [1.29, 1.82) is 0 Å². The van der Waals surface area contributed by atoms with Crippen LogP contribution in [0.5, 0.6) is 0 Å². The zero-order valence-corrected chi connectivity index (χ0v) is 9.16. The summed E-state index contributed by atoms with van der Waals surface area (Å²) < 4.78 is 0. The van der Waals surface area contributed by atoms with Gasteiger partial charge in [-0.25, -0.2) is 0 Å². The molecule has 1 heteroatoms. The van der Waals surface area contributed by atoms with Gasteiger partial charge < -0.3 is 5.32 Å². The van der Waals surface area contributed by atoms with Crippen molar-refractivity contribution in [3.63, 3.8) is 0 Å². The third-order valence-corrected chi connectivity index (χ3v) is 3.24. The summed E-state index contributed by atoms with van der Waals surface area (Å²) in [7, 11) is 0. The minimum absolute atomic E-state index is 0.577. The van der Waals surface area contributed by atoms with Crippen molar-refractivity contribution in [2.45, 2.75) is 46.0 Å². The van der Waals surface area contributed by atoms with E-state index < -0.39 is 0 Å². The monoisotopic (exact) mass is 181 g/mol. The molecule has 1 saturated carbocycles. The molecule has 0 heterocycles. The van der Waals surface area contributed by atoms with Crippen molar-refractivity contribution in [3.8, 4) is 0 Å². The van der Waals surface area contributed by atoms with Crippen molar-refractivity contribution < 1.29 is 0 Å². The Morgan fingerprint density at radius 1 is 1.38 bits per heavy atom. The lowest BCUT2D eigenvalue weighted by atomic mass is 9.89. The molecule has 0 unspecified atom stereocenters. The fourth-order valence-corrected chi connectivity index (χ4v) is 2.07. The highest BCUT2D eigenvalue weighted by Crippen LogP contribution is 2.36. The van der Waals surface area contributed by atoms with Gasteiger partial charge in [0.1, 0.15) is 0 Å². The Kier molecular flexibility index (Phi) is 3.98. The predicted octanol–water partition coefficient (Wildman–Crippen LogP) is 3.12. The van der Waals surface area contributed by atoms with E-state index in [1.165, 1.54) is 37.8 Å². The average molecular weight is 181 g/mol. The Morgan fingerprint density at radius 3 is 2.54 bits per heavy atom. The van der Waals surface area contributed by atoms with Crippen LogP contribution in [0.4, 0.5) is 0 Å². The van der Waals surface area contributed by atoms with Crippen LogP contribution in [0.25, 0.3) is 0 Å². The molecule has 1 rings (SSSR count). The summed E-state index contributed by atoms with van der Waals surface area (Å²) in [6.07, 6.45) is 6.75. The Balaban J connectivity index is 2.14. The van der Waals surface area contributed by atoms with Crippen LogP contribution in [-0.4, -0.2) is 13.1 Å². The molecule has 76 valence electrons. The van der Waals surface area contributed by atoms with Gasteiger partial charge in [0.2, 0.25) is 0 Å². The molecule has 1 nitrogen and oxygen atoms in total. The van der Waals surface area contributed by atoms with Crippen molar-refractivity contribution in [2.24, 2.45) is 5.41 Å². The minimum atomic E-state index is 0.577. The largest absolute Gasteiger partial charge is 0.312 e. The first-order valence-corrected chi connectivity index (χ1v) is 5.54. The molecule has 0 aromatic heterocycles. The number of hydrogen-bond acceptors (Lipinski definition) is 1. The first-order chi connectivity index (χ1) is 6.16. The summed E-state index contributed by atoms with van der Waals surface area (Å²) in [5.74, 6) is 0. The highest BCUT2D eigenvalue weighted by molar-refractivity contribution is 4.95. The van der Waals surface area contributed by atoms with Gasteiger partial charge in [-0.1, -0.05) is 38.8 Å². The summed E-state index contributed by atoms with van der Waals surface area (Å²) in [4.78, 5) is 0. The molecule has 1 N–H and O–H groups in total. The van der Waals surface area contributed by atoms with Gasteiger partial charge in [-0.05, 0) is 24.7 Å². The quantitative estimate of drug-likeness (QED) is 0.643. The Bertz CT molecular complexity index is 166. The van der Waals surface area contributed by atoms with E-state index in [-0.39, 0.29) is 0 Å². The second kappa shape index (κ2) is 4.80. The van der Waals surface area contributed by atoms with Gasteiger partial charge in [0, 0.05) is 13.1 Å². The van der Waals surface area contributed by atoms with E-state index in [1.807, 2.05) is 0 Å². The summed E-state index contributed by atoms with van der Waals surface area (Å²) in [6.45, 7) is 10.7. The maximum atomic E-state index is 4.00. The second-order valence-electron chi connectivity index (χ2n) is 4.72. The van der Waals surface area contributed by atoms with Crippen LogP contribution in [0, 0.1) is 5.41 Å². The predicted molar refractivity (Wildman–Crippen MR) is 58.9 cm³/mol. The van der Waals surface area contributed by atoms with Crippen LogP contribution in [0.1, 0.15) is 46.0 Å². The molecule has 1 fully saturated rings. The van der Waals surface area contributed by atoms with Crippen LogP contribution in [0.2, 0.25) is 0 Å². The van der Waals surface area contributed by atoms with Crippen LogP contribution >= 0.6 is 0 Å². The molecule has 0 bridgehead atoms. The van der Waals surface area contributed by atoms with Crippen molar-refractivity contribution in [2.75, 3.05) is 13.1 Å². The van der Waals surface area contributed by atoms with Gasteiger partial charge in [-0.2, -0.15) is 0 Å². The van der Waals surface area contributed by atoms with E-state index in [0.29, 0.717) is 5.41 Å². The van der Waals surface area contributed by atoms with Gasteiger partial charge in [0.15, 0.2) is 0 Å². The van der Waals surface area contributed by atoms with Crippen molar-refractivity contribution in [3.05, 3.63) is 12.2 Å². The normalized spacial score (nSPS) is 20.5. The highest BCUT2D eigenvalue weighted by atomic mass is 14.9. The molecule has 0 amide bonds. The van der Waals surface area contributed by atoms with Crippen molar-refractivity contribution in [1.82, 2.24) is 5.32 Å². The van der Waals surface area contributed by atoms with E-state index >= 15 is 0 Å². The van der Waals surface area contributed by atoms with E-state index in [0.717, 1.165) is 13.0 Å². The smallest absolute Gasteiger partial charge is 0.0162 e. The summed E-state index contributed by atoms with van der Waals surface area (Å²) in [5, 5.41) is 3.52. The Labute approximate surface area is 82.6 Å². The molecule has 0 saturated heterocycles. The summed E-state index contributed by atoms with van der Waals surface area (Å²) in [5.41, 5.74) is 1.90. The van der Waals surface area contributed by atoms with Gasteiger partial charge in [-0.15, -0.1) is 0 Å². The minimum Gasteiger partial charge on any atom is -0.312 e. The number of nitrogens with one attached hydrogen (secondary N) is 1. The van der Waals surface area contributed by atoms with Gasteiger partial charge in [0.25, 0.3) is 0 Å². The molecule has 0 aromatic rings. The molecule has 1 aliphatic rings. The third kappa shape index (κ3) is 3.51. The summed E-state index contributed by atoms with van der Waals surface area (Å²) >= 11 is 0. The second-order valence-corrected chi connectivity index (χ2v) is 4.72. The molecular weight excluding hydrogens is 158 g/mol. The molecule has 0 aliphatic heterocycles. The molecule has 13 heavy (non-hydrogen) atoms. The maximum Gasteiger partial charge on any atom is 0.0162 e. The lowest BCUT2D eigenvalue weighted by Crippen LogP contribution is -2.30. The standard InChI is InChI=1S/C12H23N/c1-4-11(2)9-13-10-12(3)7-5-6-8-12/h13H,2,4-10H2,1,3H3. The Morgan fingerprint density at radius 2 is 2.00 bits per heavy atom. The third-order valence-electron chi connectivity index (χ3n) is 3.24. The first kappa shape index (κ1) is 10.8. The van der Waals surface area contributed by atoms with Crippen LogP contribution < -0.4 is 5.32 Å². The molecule has 1 aliphatic carbocycles.